The van der Waals surface area contributed by atoms with Crippen molar-refractivity contribution in [3.63, 3.8) is 0 Å². The highest BCUT2D eigenvalue weighted by Crippen LogP contribution is 2.16. The number of piperazine rings is 1. The predicted octanol–water partition coefficient (Wildman–Crippen LogP) is 1.71. The van der Waals surface area contributed by atoms with Crippen LogP contribution >= 0.6 is 11.3 Å². The zero-order chi connectivity index (χ0) is 18.5. The molecule has 1 aliphatic rings. The Labute approximate surface area is 156 Å². The molecule has 1 atom stereocenters. The summed E-state index contributed by atoms with van der Waals surface area (Å²) < 4.78 is 0. The molecule has 2 aromatic rings. The average Bonchev–Trinajstić information content (AvgIpc) is 3.07. The summed E-state index contributed by atoms with van der Waals surface area (Å²) >= 11 is 1.30. The maximum atomic E-state index is 12.4. The highest BCUT2D eigenvalue weighted by molar-refractivity contribution is 7.15. The van der Waals surface area contributed by atoms with Gasteiger partial charge in [-0.3, -0.25) is 10.1 Å². The first-order valence-corrected chi connectivity index (χ1v) is 9.31. The number of amides is 3. The number of nitrogens with one attached hydrogen (secondary N) is 2. The van der Waals surface area contributed by atoms with Gasteiger partial charge in [0, 0.05) is 31.9 Å². The minimum absolute atomic E-state index is 0.228. The van der Waals surface area contributed by atoms with Crippen molar-refractivity contribution in [1.82, 2.24) is 20.4 Å². The number of anilines is 2. The Kier molecular flexibility index (Phi) is 5.67. The van der Waals surface area contributed by atoms with Crippen LogP contribution in [0, 0.1) is 6.92 Å². The Morgan fingerprint density at radius 2 is 1.81 bits per heavy atom. The van der Waals surface area contributed by atoms with Gasteiger partial charge in [0.25, 0.3) is 0 Å². The first-order valence-electron chi connectivity index (χ1n) is 8.49. The number of para-hydroxylation sites is 1. The fourth-order valence-corrected chi connectivity index (χ4v) is 3.30. The highest BCUT2D eigenvalue weighted by atomic mass is 32.1. The van der Waals surface area contributed by atoms with Crippen molar-refractivity contribution >= 4 is 34.1 Å². The van der Waals surface area contributed by atoms with Gasteiger partial charge in [-0.1, -0.05) is 29.5 Å². The van der Waals surface area contributed by atoms with Gasteiger partial charge in [-0.15, -0.1) is 10.2 Å². The molecule has 1 aliphatic heterocycles. The minimum atomic E-state index is -0.654. The molecule has 0 saturated carbocycles. The summed E-state index contributed by atoms with van der Waals surface area (Å²) in [6.45, 7) is 6.23. The zero-order valence-corrected chi connectivity index (χ0v) is 15.6. The summed E-state index contributed by atoms with van der Waals surface area (Å²) in [4.78, 5) is 28.5. The maximum absolute atomic E-state index is 12.4. The number of benzene rings is 1. The Hall–Kier alpha value is -2.68. The molecule has 0 bridgehead atoms. The number of aromatic nitrogens is 2. The van der Waals surface area contributed by atoms with Gasteiger partial charge < -0.3 is 15.1 Å². The van der Waals surface area contributed by atoms with Crippen LogP contribution in [0.15, 0.2) is 30.3 Å². The molecule has 1 saturated heterocycles. The Bertz CT molecular complexity index is 758. The van der Waals surface area contributed by atoms with E-state index in [9.17, 15) is 9.59 Å². The Balaban J connectivity index is 1.47. The van der Waals surface area contributed by atoms with Crippen LogP contribution in [-0.4, -0.2) is 59.3 Å². The van der Waals surface area contributed by atoms with E-state index in [-0.39, 0.29) is 11.9 Å². The summed E-state index contributed by atoms with van der Waals surface area (Å²) in [6, 6.07) is 9.26. The molecule has 0 aliphatic carbocycles. The lowest BCUT2D eigenvalue weighted by atomic mass is 10.2. The summed E-state index contributed by atoms with van der Waals surface area (Å²) in [5, 5.41) is 14.3. The number of rotatable bonds is 4. The number of hydrogen-bond acceptors (Lipinski definition) is 6. The van der Waals surface area contributed by atoms with Crippen LogP contribution in [-0.2, 0) is 4.79 Å². The first-order chi connectivity index (χ1) is 12.5. The number of carbonyl (C=O) groups is 2. The van der Waals surface area contributed by atoms with Gasteiger partial charge in [0.2, 0.25) is 11.0 Å². The van der Waals surface area contributed by atoms with E-state index in [0.29, 0.717) is 18.2 Å². The summed E-state index contributed by atoms with van der Waals surface area (Å²) in [5.74, 6) is -0.308. The van der Waals surface area contributed by atoms with Crippen molar-refractivity contribution in [3.8, 4) is 0 Å². The molecule has 26 heavy (non-hydrogen) atoms. The SMILES string of the molecule is Cc1nnc(NC(=O)C(C)NC(=O)N2CCN(c3ccccc3)CC2)s1. The molecule has 9 heteroatoms. The van der Waals surface area contributed by atoms with Crippen molar-refractivity contribution < 1.29 is 9.59 Å². The van der Waals surface area contributed by atoms with E-state index < -0.39 is 6.04 Å². The van der Waals surface area contributed by atoms with Gasteiger partial charge in [0.1, 0.15) is 11.0 Å². The van der Waals surface area contributed by atoms with E-state index >= 15 is 0 Å². The van der Waals surface area contributed by atoms with Gasteiger partial charge in [-0.25, -0.2) is 4.79 Å². The van der Waals surface area contributed by atoms with Crippen molar-refractivity contribution in [1.29, 1.82) is 0 Å². The lowest BCUT2D eigenvalue weighted by Crippen LogP contribution is -2.54. The molecule has 1 aromatic heterocycles. The van der Waals surface area contributed by atoms with Crippen LogP contribution in [0.3, 0.4) is 0 Å². The van der Waals surface area contributed by atoms with Crippen LogP contribution in [0.4, 0.5) is 15.6 Å². The zero-order valence-electron chi connectivity index (χ0n) is 14.8. The summed E-state index contributed by atoms with van der Waals surface area (Å²) in [7, 11) is 0. The quantitative estimate of drug-likeness (QED) is 0.850. The third-order valence-corrected chi connectivity index (χ3v) is 4.93. The molecule has 0 spiro atoms. The third-order valence-electron chi connectivity index (χ3n) is 4.18. The van der Waals surface area contributed by atoms with E-state index in [1.54, 1.807) is 11.8 Å². The molecule has 1 unspecified atom stereocenters. The Morgan fingerprint density at radius 3 is 2.42 bits per heavy atom. The van der Waals surface area contributed by atoms with Gasteiger partial charge in [-0.2, -0.15) is 0 Å². The maximum Gasteiger partial charge on any atom is 0.318 e. The van der Waals surface area contributed by atoms with E-state index in [4.69, 9.17) is 0 Å². The van der Waals surface area contributed by atoms with Crippen LogP contribution in [0.2, 0.25) is 0 Å². The van der Waals surface area contributed by atoms with Gasteiger partial charge in [0.05, 0.1) is 0 Å². The molecule has 1 aromatic carbocycles. The molecule has 3 amide bonds. The molecule has 2 N–H and O–H groups in total. The molecule has 0 radical (unpaired) electrons. The topological polar surface area (TPSA) is 90.5 Å². The van der Waals surface area contributed by atoms with E-state index in [1.165, 1.54) is 11.3 Å². The van der Waals surface area contributed by atoms with Crippen LogP contribution in [0.1, 0.15) is 11.9 Å². The smallest absolute Gasteiger partial charge is 0.318 e. The second-order valence-electron chi connectivity index (χ2n) is 6.10. The highest BCUT2D eigenvalue weighted by Gasteiger charge is 2.24. The Morgan fingerprint density at radius 1 is 1.12 bits per heavy atom. The van der Waals surface area contributed by atoms with Crippen LogP contribution in [0.5, 0.6) is 0 Å². The van der Waals surface area contributed by atoms with Crippen molar-refractivity contribution in [2.45, 2.75) is 19.9 Å². The summed E-state index contributed by atoms with van der Waals surface area (Å²) in [6.07, 6.45) is 0. The normalized spacial score (nSPS) is 15.5. The number of aryl methyl sites for hydroxylation is 1. The van der Waals surface area contributed by atoms with Crippen molar-refractivity contribution in [2.75, 3.05) is 36.4 Å². The monoisotopic (exact) mass is 374 g/mol. The molecule has 8 nitrogen and oxygen atoms in total. The number of nitrogens with zero attached hydrogens (tertiary/aromatic N) is 4. The first kappa shape index (κ1) is 18.1. The third kappa shape index (κ3) is 4.48. The van der Waals surface area contributed by atoms with E-state index in [1.807, 2.05) is 25.1 Å². The van der Waals surface area contributed by atoms with Gasteiger partial charge in [0.15, 0.2) is 0 Å². The van der Waals surface area contributed by atoms with Crippen molar-refractivity contribution in [2.24, 2.45) is 0 Å². The lowest BCUT2D eigenvalue weighted by Gasteiger charge is -2.36. The number of carbonyl (C=O) groups excluding carboxylic acids is 2. The second-order valence-corrected chi connectivity index (χ2v) is 7.28. The second kappa shape index (κ2) is 8.13. The minimum Gasteiger partial charge on any atom is -0.368 e. The summed E-state index contributed by atoms with van der Waals surface area (Å²) in [5.41, 5.74) is 1.16. The van der Waals surface area contributed by atoms with Gasteiger partial charge >= 0.3 is 6.03 Å². The molecule has 1 fully saturated rings. The van der Waals surface area contributed by atoms with E-state index in [0.717, 1.165) is 23.8 Å². The van der Waals surface area contributed by atoms with Gasteiger partial charge in [-0.05, 0) is 26.0 Å². The molecule has 138 valence electrons. The standard InChI is InChI=1S/C17H22N6O2S/c1-12(15(24)19-16-21-20-13(2)26-16)18-17(25)23-10-8-22(9-11-23)14-6-4-3-5-7-14/h3-7,12H,8-11H2,1-2H3,(H,18,25)(H,19,21,24). The fourth-order valence-electron chi connectivity index (χ4n) is 2.71. The van der Waals surface area contributed by atoms with Crippen molar-refractivity contribution in [3.05, 3.63) is 35.3 Å². The fraction of sp³-hybridized carbons (Fsp3) is 0.412. The molecular weight excluding hydrogens is 352 g/mol. The largest absolute Gasteiger partial charge is 0.368 e. The van der Waals surface area contributed by atoms with Crippen LogP contribution in [0.25, 0.3) is 0 Å². The lowest BCUT2D eigenvalue weighted by molar-refractivity contribution is -0.117. The van der Waals surface area contributed by atoms with E-state index in [2.05, 4.69) is 37.9 Å². The molecular formula is C17H22N6O2S. The predicted molar refractivity (Wildman–Crippen MR) is 101 cm³/mol. The number of urea groups is 1. The molecule has 2 heterocycles. The number of hydrogen-bond donors (Lipinski definition) is 2. The average molecular weight is 374 g/mol. The van der Waals surface area contributed by atoms with Crippen LogP contribution < -0.4 is 15.5 Å². The molecule has 3 rings (SSSR count).